The SMILES string of the molecule is CC1=C\[C@@H](/C(C)=C/c2csc(C)n2)CNC(=O)C[C@H](O)C(C)(C)C(=O)[C@H](C)[C@@H](O)[C@@H](C)C\C=C\1. The van der Waals surface area contributed by atoms with Gasteiger partial charge in [0.15, 0.2) is 0 Å². The Balaban J connectivity index is 2.37. The summed E-state index contributed by atoms with van der Waals surface area (Å²) in [5, 5.41) is 27.5. The zero-order valence-electron chi connectivity index (χ0n) is 21.5. The largest absolute Gasteiger partial charge is 0.392 e. The number of Topliss-reactive ketones (excluding diaryl/α,β-unsaturated/α-hetero) is 1. The molecule has 0 unspecified atom stereocenters. The maximum atomic E-state index is 13.1. The number of allylic oxidation sites excluding steroid dienone is 3. The lowest BCUT2D eigenvalue weighted by Gasteiger charge is -2.34. The summed E-state index contributed by atoms with van der Waals surface area (Å²) in [4.78, 5) is 30.3. The number of aryl methyl sites for hydroxylation is 1. The molecule has 3 N–H and O–H groups in total. The summed E-state index contributed by atoms with van der Waals surface area (Å²) in [5.74, 6) is -1.39. The van der Waals surface area contributed by atoms with E-state index in [0.29, 0.717) is 13.0 Å². The number of thiazole rings is 1. The highest BCUT2D eigenvalue weighted by Crippen LogP contribution is 2.31. The van der Waals surface area contributed by atoms with Crippen LogP contribution in [0.3, 0.4) is 0 Å². The van der Waals surface area contributed by atoms with Crippen molar-refractivity contribution in [2.75, 3.05) is 6.54 Å². The number of carbonyl (C=O) groups excluding carboxylic acids is 2. The van der Waals surface area contributed by atoms with Gasteiger partial charge in [-0.3, -0.25) is 9.59 Å². The maximum absolute atomic E-state index is 13.1. The van der Waals surface area contributed by atoms with Crippen LogP contribution in [0.25, 0.3) is 6.08 Å². The number of carbonyl (C=O) groups is 2. The van der Waals surface area contributed by atoms with Gasteiger partial charge < -0.3 is 15.5 Å². The van der Waals surface area contributed by atoms with Crippen molar-refractivity contribution in [2.24, 2.45) is 23.2 Å². The molecule has 0 aromatic carbocycles. The molecule has 1 aliphatic rings. The Bertz CT molecular complexity index is 960. The number of ketones is 1. The number of aliphatic hydroxyl groups excluding tert-OH is 2. The van der Waals surface area contributed by atoms with E-state index in [0.717, 1.165) is 21.8 Å². The highest BCUT2D eigenvalue weighted by atomic mass is 32.1. The predicted octanol–water partition coefficient (Wildman–Crippen LogP) is 4.47. The summed E-state index contributed by atoms with van der Waals surface area (Å²) in [5.41, 5.74) is 1.85. The van der Waals surface area contributed by atoms with Crippen molar-refractivity contribution < 1.29 is 19.8 Å². The first-order chi connectivity index (χ1) is 15.8. The van der Waals surface area contributed by atoms with Crippen LogP contribution in [0, 0.1) is 30.1 Å². The van der Waals surface area contributed by atoms with E-state index in [1.807, 2.05) is 51.3 Å². The first kappa shape index (κ1) is 28.1. The predicted molar refractivity (Wildman–Crippen MR) is 138 cm³/mol. The number of rotatable bonds is 2. The number of nitrogens with zero attached hydrogens (tertiary/aromatic N) is 1. The molecular formula is C27H40N2O4S. The van der Waals surface area contributed by atoms with Gasteiger partial charge in [0.1, 0.15) is 5.78 Å². The monoisotopic (exact) mass is 488 g/mol. The Hall–Kier alpha value is -2.09. The third kappa shape index (κ3) is 7.45. The molecule has 0 bridgehead atoms. The number of hydrogen-bond donors (Lipinski definition) is 3. The molecule has 7 heteroatoms. The Labute approximate surface area is 207 Å². The summed E-state index contributed by atoms with van der Waals surface area (Å²) >= 11 is 1.59. The van der Waals surface area contributed by atoms with Crippen molar-refractivity contribution >= 4 is 29.1 Å². The first-order valence-electron chi connectivity index (χ1n) is 11.9. The molecule has 0 aliphatic carbocycles. The molecular weight excluding hydrogens is 448 g/mol. The lowest BCUT2D eigenvalue weighted by molar-refractivity contribution is -0.143. The second kappa shape index (κ2) is 12.0. The van der Waals surface area contributed by atoms with E-state index in [1.54, 1.807) is 32.1 Å². The van der Waals surface area contributed by atoms with E-state index >= 15 is 0 Å². The van der Waals surface area contributed by atoms with E-state index in [-0.39, 0.29) is 29.9 Å². The average molecular weight is 489 g/mol. The Morgan fingerprint density at radius 1 is 1.24 bits per heavy atom. The van der Waals surface area contributed by atoms with Gasteiger partial charge in [0.05, 0.1) is 34.7 Å². The van der Waals surface area contributed by atoms with Crippen LogP contribution >= 0.6 is 11.3 Å². The van der Waals surface area contributed by atoms with Gasteiger partial charge in [-0.05, 0) is 39.2 Å². The van der Waals surface area contributed by atoms with Gasteiger partial charge >= 0.3 is 0 Å². The van der Waals surface area contributed by atoms with Crippen LogP contribution < -0.4 is 5.32 Å². The topological polar surface area (TPSA) is 99.5 Å². The smallest absolute Gasteiger partial charge is 0.222 e. The molecule has 5 atom stereocenters. The third-order valence-corrected chi connectivity index (χ3v) is 7.62. The summed E-state index contributed by atoms with van der Waals surface area (Å²) in [6, 6.07) is 0. The summed E-state index contributed by atoms with van der Waals surface area (Å²) in [6.45, 7) is 13.3. The van der Waals surface area contributed by atoms with Gasteiger partial charge in [-0.2, -0.15) is 0 Å². The van der Waals surface area contributed by atoms with Crippen LogP contribution in [0.5, 0.6) is 0 Å². The number of aliphatic hydroxyl groups is 2. The quantitative estimate of drug-likeness (QED) is 0.570. The van der Waals surface area contributed by atoms with Crippen LogP contribution in [-0.4, -0.2) is 45.6 Å². The molecule has 1 amide bonds. The average Bonchev–Trinajstić information content (AvgIpc) is 3.18. The standard InChI is InChI=1S/C27H40N2O4S/c1-16-9-8-10-17(2)25(32)19(4)26(33)27(6,7)23(30)13-24(31)28-14-21(11-16)18(3)12-22-15-34-20(5)29-22/h8-9,11-12,15,17,19,21,23,25,30,32H,10,13-14H2,1-7H3,(H,28,31)/b9-8+,16-11+,18-12+/t17-,19+,21+,23-,25-/m0/s1. The van der Waals surface area contributed by atoms with Gasteiger partial charge in [0.2, 0.25) is 5.91 Å². The number of amides is 1. The Morgan fingerprint density at radius 2 is 1.91 bits per heavy atom. The van der Waals surface area contributed by atoms with Crippen LogP contribution in [0.4, 0.5) is 0 Å². The van der Waals surface area contributed by atoms with Crippen molar-refractivity contribution in [3.05, 3.63) is 45.5 Å². The molecule has 0 saturated carbocycles. The fraction of sp³-hybridized carbons (Fsp3) is 0.593. The third-order valence-electron chi connectivity index (χ3n) is 6.82. The van der Waals surface area contributed by atoms with Gasteiger partial charge in [-0.1, -0.05) is 57.1 Å². The fourth-order valence-corrected chi connectivity index (χ4v) is 4.81. The summed E-state index contributed by atoms with van der Waals surface area (Å²) in [6.07, 6.45) is 6.63. The second-order valence-electron chi connectivity index (χ2n) is 10.2. The molecule has 0 fully saturated rings. The van der Waals surface area contributed by atoms with Gasteiger partial charge in [0.25, 0.3) is 0 Å². The fourth-order valence-electron chi connectivity index (χ4n) is 4.24. The van der Waals surface area contributed by atoms with Crippen LogP contribution in [0.1, 0.15) is 65.1 Å². The minimum Gasteiger partial charge on any atom is -0.392 e. The van der Waals surface area contributed by atoms with E-state index in [9.17, 15) is 19.8 Å². The zero-order chi connectivity index (χ0) is 25.6. The molecule has 0 radical (unpaired) electrons. The second-order valence-corrected chi connectivity index (χ2v) is 11.3. The van der Waals surface area contributed by atoms with E-state index in [2.05, 4.69) is 16.4 Å². The number of nitrogens with one attached hydrogen (secondary N) is 1. The Kier molecular flexibility index (Phi) is 9.97. The number of aromatic nitrogens is 1. The number of hydrogen-bond acceptors (Lipinski definition) is 6. The first-order valence-corrected chi connectivity index (χ1v) is 12.8. The van der Waals surface area contributed by atoms with Crippen molar-refractivity contribution in [1.82, 2.24) is 10.3 Å². The van der Waals surface area contributed by atoms with Crippen molar-refractivity contribution in [3.8, 4) is 0 Å². The van der Waals surface area contributed by atoms with Crippen molar-refractivity contribution in [3.63, 3.8) is 0 Å². The lowest BCUT2D eigenvalue weighted by Crippen LogP contribution is -2.46. The normalized spacial score (nSPS) is 32.6. The minimum absolute atomic E-state index is 0.0571. The van der Waals surface area contributed by atoms with E-state index in [1.165, 1.54) is 0 Å². The van der Waals surface area contributed by atoms with Gasteiger partial charge in [-0.15, -0.1) is 11.3 Å². The van der Waals surface area contributed by atoms with Crippen LogP contribution in [0.2, 0.25) is 0 Å². The molecule has 0 saturated heterocycles. The lowest BCUT2D eigenvalue weighted by atomic mass is 9.73. The molecule has 2 heterocycles. The van der Waals surface area contributed by atoms with E-state index in [4.69, 9.17) is 0 Å². The molecule has 34 heavy (non-hydrogen) atoms. The highest BCUT2D eigenvalue weighted by Gasteiger charge is 2.41. The van der Waals surface area contributed by atoms with Gasteiger partial charge in [-0.25, -0.2) is 4.98 Å². The molecule has 2 rings (SSSR count). The highest BCUT2D eigenvalue weighted by molar-refractivity contribution is 7.09. The zero-order valence-corrected chi connectivity index (χ0v) is 22.3. The summed E-state index contributed by atoms with van der Waals surface area (Å²) < 4.78 is 0. The van der Waals surface area contributed by atoms with Gasteiger partial charge in [0, 0.05) is 23.8 Å². The minimum atomic E-state index is -1.15. The molecule has 1 aliphatic heterocycles. The molecule has 0 spiro atoms. The molecule has 188 valence electrons. The summed E-state index contributed by atoms with van der Waals surface area (Å²) in [7, 11) is 0. The molecule has 1 aromatic rings. The van der Waals surface area contributed by atoms with Crippen LogP contribution in [0.15, 0.2) is 34.8 Å². The van der Waals surface area contributed by atoms with Crippen LogP contribution in [-0.2, 0) is 9.59 Å². The maximum Gasteiger partial charge on any atom is 0.222 e. The molecule has 1 aromatic heterocycles. The van der Waals surface area contributed by atoms with E-state index < -0.39 is 23.5 Å². The Morgan fingerprint density at radius 3 is 2.53 bits per heavy atom. The van der Waals surface area contributed by atoms with Crippen molar-refractivity contribution in [2.45, 2.75) is 73.5 Å². The molecule has 6 nitrogen and oxygen atoms in total. The van der Waals surface area contributed by atoms with Crippen molar-refractivity contribution in [1.29, 1.82) is 0 Å².